The van der Waals surface area contributed by atoms with E-state index in [1.54, 1.807) is 35.2 Å². The summed E-state index contributed by atoms with van der Waals surface area (Å²) in [5.74, 6) is -0.665. The lowest BCUT2D eigenvalue weighted by Crippen LogP contribution is -2.54. The van der Waals surface area contributed by atoms with E-state index in [-0.39, 0.29) is 23.4 Å². The summed E-state index contributed by atoms with van der Waals surface area (Å²) < 4.78 is 29.0. The van der Waals surface area contributed by atoms with Crippen LogP contribution in [-0.2, 0) is 26.0 Å². The average molecular weight is 564 g/mol. The van der Waals surface area contributed by atoms with E-state index >= 15 is 0 Å². The first-order valence-electron chi connectivity index (χ1n) is 13.9. The van der Waals surface area contributed by atoms with Gasteiger partial charge in [0.1, 0.15) is 12.6 Å². The van der Waals surface area contributed by atoms with E-state index < -0.39 is 28.5 Å². The lowest BCUT2D eigenvalue weighted by molar-refractivity contribution is -0.139. The number of carbonyl (C=O) groups excluding carboxylic acids is 2. The molecule has 3 aromatic rings. The summed E-state index contributed by atoms with van der Waals surface area (Å²) in [5.41, 5.74) is 3.36. The summed E-state index contributed by atoms with van der Waals surface area (Å²) in [4.78, 5) is 29.0. The molecule has 8 heteroatoms. The lowest BCUT2D eigenvalue weighted by Gasteiger charge is -2.34. The fourth-order valence-corrected chi connectivity index (χ4v) is 5.89. The van der Waals surface area contributed by atoms with Gasteiger partial charge in [0.15, 0.2) is 0 Å². The van der Waals surface area contributed by atoms with Gasteiger partial charge in [-0.15, -0.1) is 0 Å². The van der Waals surface area contributed by atoms with Gasteiger partial charge in [-0.25, -0.2) is 8.42 Å². The molecule has 3 rings (SSSR count). The van der Waals surface area contributed by atoms with Gasteiger partial charge in [-0.05, 0) is 81.0 Å². The first kappa shape index (κ1) is 30.9. The molecule has 1 N–H and O–H groups in total. The summed E-state index contributed by atoms with van der Waals surface area (Å²) in [6.07, 6.45) is 1.70. The Balaban J connectivity index is 2.02. The standard InChI is InChI=1S/C32H41N3O4S/c1-6-26(5)33-32(37)30(7-2)34(21-20-27-14-10-8-11-15-27)31(36)23-35(28-19-18-24(3)25(4)22-28)40(38,39)29-16-12-9-13-17-29/h8-19,22,26,30H,6-7,20-21,23H2,1-5H3,(H,33,37)/t26-,30-/m1/s1. The number of hydrogen-bond donors (Lipinski definition) is 1. The van der Waals surface area contributed by atoms with E-state index in [1.807, 2.05) is 71.0 Å². The fourth-order valence-electron chi connectivity index (χ4n) is 4.47. The molecule has 2 atom stereocenters. The molecule has 0 unspecified atom stereocenters. The predicted octanol–water partition coefficient (Wildman–Crippen LogP) is 5.26. The quantitative estimate of drug-likeness (QED) is 0.307. The molecular formula is C32H41N3O4S. The first-order chi connectivity index (χ1) is 19.1. The number of nitrogens with zero attached hydrogens (tertiary/aromatic N) is 2. The third kappa shape index (κ3) is 7.72. The van der Waals surface area contributed by atoms with E-state index in [0.717, 1.165) is 27.4 Å². The number of amides is 2. The first-order valence-corrected chi connectivity index (χ1v) is 15.3. The van der Waals surface area contributed by atoms with E-state index in [4.69, 9.17) is 0 Å². The monoisotopic (exact) mass is 563 g/mol. The van der Waals surface area contributed by atoms with Crippen molar-refractivity contribution in [2.24, 2.45) is 0 Å². The Bertz CT molecular complexity index is 1380. The molecule has 0 aliphatic heterocycles. The number of anilines is 1. The van der Waals surface area contributed by atoms with E-state index in [0.29, 0.717) is 18.5 Å². The van der Waals surface area contributed by atoms with Crippen LogP contribution in [0.4, 0.5) is 5.69 Å². The largest absolute Gasteiger partial charge is 0.352 e. The zero-order chi connectivity index (χ0) is 29.3. The molecule has 214 valence electrons. The number of aryl methyl sites for hydroxylation is 2. The van der Waals surface area contributed by atoms with Crippen molar-refractivity contribution in [2.75, 3.05) is 17.4 Å². The molecule has 0 spiro atoms. The van der Waals surface area contributed by atoms with Crippen LogP contribution in [0.3, 0.4) is 0 Å². The molecule has 2 amide bonds. The van der Waals surface area contributed by atoms with Crippen LogP contribution < -0.4 is 9.62 Å². The molecule has 0 bridgehead atoms. The summed E-state index contributed by atoms with van der Waals surface area (Å²) in [6, 6.07) is 22.4. The van der Waals surface area contributed by atoms with Gasteiger partial charge in [-0.2, -0.15) is 0 Å². The Hall–Kier alpha value is -3.65. The van der Waals surface area contributed by atoms with Crippen molar-refractivity contribution in [3.63, 3.8) is 0 Å². The molecule has 0 saturated heterocycles. The topological polar surface area (TPSA) is 86.8 Å². The minimum atomic E-state index is -4.07. The van der Waals surface area contributed by atoms with Crippen LogP contribution in [0.15, 0.2) is 83.8 Å². The van der Waals surface area contributed by atoms with Crippen LogP contribution >= 0.6 is 0 Å². The molecule has 0 aromatic heterocycles. The molecule has 0 fully saturated rings. The van der Waals surface area contributed by atoms with Gasteiger partial charge in [-0.3, -0.25) is 13.9 Å². The van der Waals surface area contributed by atoms with Crippen molar-refractivity contribution in [2.45, 2.75) is 70.9 Å². The predicted molar refractivity (Wildman–Crippen MR) is 161 cm³/mol. The highest BCUT2D eigenvalue weighted by atomic mass is 32.2. The Morgan fingerprint density at radius 2 is 1.48 bits per heavy atom. The van der Waals surface area contributed by atoms with Crippen LogP contribution in [0.1, 0.15) is 50.3 Å². The van der Waals surface area contributed by atoms with Gasteiger partial charge < -0.3 is 10.2 Å². The molecule has 0 radical (unpaired) electrons. The molecule has 3 aromatic carbocycles. The maximum absolute atomic E-state index is 14.1. The number of carbonyl (C=O) groups is 2. The highest BCUT2D eigenvalue weighted by Gasteiger charge is 2.33. The number of sulfonamides is 1. The van der Waals surface area contributed by atoms with Crippen LogP contribution in [0.2, 0.25) is 0 Å². The Morgan fingerprint density at radius 1 is 0.850 bits per heavy atom. The SMILES string of the molecule is CC[C@@H](C)NC(=O)[C@@H](CC)N(CCc1ccccc1)C(=O)CN(c1ccc(C)c(C)c1)S(=O)(=O)c1ccccc1. The second-order valence-electron chi connectivity index (χ2n) is 10.2. The average Bonchev–Trinajstić information content (AvgIpc) is 2.96. The van der Waals surface area contributed by atoms with Gasteiger partial charge in [0.25, 0.3) is 10.0 Å². The van der Waals surface area contributed by atoms with E-state index in [9.17, 15) is 18.0 Å². The zero-order valence-electron chi connectivity index (χ0n) is 24.1. The van der Waals surface area contributed by atoms with Crippen LogP contribution in [0, 0.1) is 13.8 Å². The van der Waals surface area contributed by atoms with Crippen molar-refractivity contribution in [1.82, 2.24) is 10.2 Å². The number of nitrogens with one attached hydrogen (secondary N) is 1. The van der Waals surface area contributed by atoms with Gasteiger partial charge >= 0.3 is 0 Å². The van der Waals surface area contributed by atoms with Crippen LogP contribution in [-0.4, -0.2) is 50.3 Å². The smallest absolute Gasteiger partial charge is 0.264 e. The minimum absolute atomic E-state index is 0.0434. The summed E-state index contributed by atoms with van der Waals surface area (Å²) in [7, 11) is -4.07. The Kier molecular flexibility index (Phi) is 10.9. The zero-order valence-corrected chi connectivity index (χ0v) is 24.9. The van der Waals surface area contributed by atoms with Gasteiger partial charge in [0, 0.05) is 12.6 Å². The Morgan fingerprint density at radius 3 is 2.05 bits per heavy atom. The number of benzene rings is 3. The third-order valence-corrected chi connectivity index (χ3v) is 9.05. The van der Waals surface area contributed by atoms with Crippen molar-refractivity contribution in [3.05, 3.63) is 95.6 Å². The van der Waals surface area contributed by atoms with Crippen molar-refractivity contribution in [1.29, 1.82) is 0 Å². The van der Waals surface area contributed by atoms with Crippen molar-refractivity contribution in [3.8, 4) is 0 Å². The molecule has 0 aliphatic carbocycles. The normalized spacial score (nSPS) is 12.8. The third-order valence-electron chi connectivity index (χ3n) is 7.26. The van der Waals surface area contributed by atoms with Crippen molar-refractivity contribution >= 4 is 27.5 Å². The van der Waals surface area contributed by atoms with E-state index in [2.05, 4.69) is 5.32 Å². The molecule has 0 heterocycles. The van der Waals surface area contributed by atoms with Gasteiger partial charge in [-0.1, -0.05) is 68.4 Å². The molecular weight excluding hydrogens is 522 g/mol. The lowest BCUT2D eigenvalue weighted by atomic mass is 10.1. The maximum Gasteiger partial charge on any atom is 0.264 e. The fraction of sp³-hybridized carbons (Fsp3) is 0.375. The summed E-state index contributed by atoms with van der Waals surface area (Å²) >= 11 is 0. The van der Waals surface area contributed by atoms with Crippen LogP contribution in [0.25, 0.3) is 0 Å². The summed E-state index contributed by atoms with van der Waals surface area (Å²) in [6.45, 7) is 9.49. The molecule has 0 saturated carbocycles. The number of hydrogen-bond acceptors (Lipinski definition) is 4. The second kappa shape index (κ2) is 14.1. The van der Waals surface area contributed by atoms with Crippen LogP contribution in [0.5, 0.6) is 0 Å². The Labute approximate surface area is 239 Å². The maximum atomic E-state index is 14.1. The summed E-state index contributed by atoms with van der Waals surface area (Å²) in [5, 5.41) is 3.00. The minimum Gasteiger partial charge on any atom is -0.352 e. The number of rotatable bonds is 13. The van der Waals surface area contributed by atoms with Crippen molar-refractivity contribution < 1.29 is 18.0 Å². The highest BCUT2D eigenvalue weighted by molar-refractivity contribution is 7.92. The van der Waals surface area contributed by atoms with E-state index in [1.165, 1.54) is 12.1 Å². The highest BCUT2D eigenvalue weighted by Crippen LogP contribution is 2.26. The molecule has 0 aliphatic rings. The van der Waals surface area contributed by atoms with Gasteiger partial charge in [0.05, 0.1) is 10.6 Å². The molecule has 40 heavy (non-hydrogen) atoms. The van der Waals surface area contributed by atoms with Gasteiger partial charge in [0.2, 0.25) is 11.8 Å². The second-order valence-corrected chi connectivity index (χ2v) is 12.0. The molecule has 7 nitrogen and oxygen atoms in total.